The van der Waals surface area contributed by atoms with Crippen molar-refractivity contribution in [1.82, 2.24) is 0 Å². The molecule has 0 amide bonds. The third-order valence-electron chi connectivity index (χ3n) is 3.23. The van der Waals surface area contributed by atoms with Crippen LogP contribution < -0.4 is 4.31 Å². The molecule has 0 radical (unpaired) electrons. The van der Waals surface area contributed by atoms with Crippen LogP contribution >= 0.6 is 11.6 Å². The summed E-state index contributed by atoms with van der Waals surface area (Å²) in [5.41, 5.74) is 0.424. The topological polar surface area (TPSA) is 63.7 Å². The van der Waals surface area contributed by atoms with E-state index in [0.717, 1.165) is 4.31 Å². The van der Waals surface area contributed by atoms with Gasteiger partial charge in [-0.15, -0.1) is 0 Å². The first-order chi connectivity index (χ1) is 11.3. The second kappa shape index (κ2) is 7.51. The molecule has 0 heterocycles. The molecule has 0 unspecified atom stereocenters. The van der Waals surface area contributed by atoms with E-state index in [1.165, 1.54) is 19.2 Å². The lowest BCUT2D eigenvalue weighted by atomic mass is 10.2. The number of carbonyl (C=O) groups is 1. The van der Waals surface area contributed by atoms with Gasteiger partial charge in [0.2, 0.25) is 0 Å². The predicted molar refractivity (Wildman–Crippen MR) is 93.7 cm³/mol. The van der Waals surface area contributed by atoms with Crippen LogP contribution in [-0.4, -0.2) is 28.0 Å². The van der Waals surface area contributed by atoms with E-state index in [0.29, 0.717) is 5.69 Å². The molecule has 0 spiro atoms. The summed E-state index contributed by atoms with van der Waals surface area (Å²) in [6.07, 6.45) is 0. The maximum Gasteiger partial charge on any atom is 0.339 e. The first-order valence-corrected chi connectivity index (χ1v) is 8.79. The minimum atomic E-state index is -3.93. The molecule has 0 atom stereocenters. The number of para-hydroxylation sites is 1. The molecule has 0 saturated heterocycles. The van der Waals surface area contributed by atoms with Crippen molar-refractivity contribution in [3.63, 3.8) is 0 Å². The molecular formula is C17H16ClNO4S. The van der Waals surface area contributed by atoms with E-state index in [4.69, 9.17) is 16.3 Å². The van der Waals surface area contributed by atoms with E-state index in [1.807, 2.05) is 0 Å². The molecule has 2 aromatic carbocycles. The van der Waals surface area contributed by atoms with Crippen LogP contribution in [0.5, 0.6) is 0 Å². The highest BCUT2D eigenvalue weighted by atomic mass is 35.5. The van der Waals surface area contributed by atoms with Gasteiger partial charge >= 0.3 is 5.97 Å². The first kappa shape index (κ1) is 18.0. The van der Waals surface area contributed by atoms with Gasteiger partial charge in [-0.25, -0.2) is 13.2 Å². The number of rotatable bonds is 6. The molecule has 0 N–H and O–H groups in total. The van der Waals surface area contributed by atoms with Crippen molar-refractivity contribution in [2.45, 2.75) is 4.90 Å². The van der Waals surface area contributed by atoms with Crippen molar-refractivity contribution in [2.75, 3.05) is 18.0 Å². The highest BCUT2D eigenvalue weighted by molar-refractivity contribution is 7.92. The monoisotopic (exact) mass is 365 g/mol. The van der Waals surface area contributed by atoms with Gasteiger partial charge in [-0.05, 0) is 24.3 Å². The molecule has 2 rings (SSSR count). The Balaban J connectivity index is 2.41. The number of carbonyl (C=O) groups excluding carboxylic acids is 1. The Morgan fingerprint density at radius 1 is 1.12 bits per heavy atom. The Hall–Kier alpha value is -2.31. The summed E-state index contributed by atoms with van der Waals surface area (Å²) in [4.78, 5) is 12.0. The standard InChI is InChI=1S/C17H16ClNO4S/c1-13(18)12-23-17(20)15-10-6-7-11-16(15)24(21,22)19(2)14-8-4-3-5-9-14/h3-11H,1,12H2,2H3. The van der Waals surface area contributed by atoms with Crippen LogP contribution in [0.4, 0.5) is 5.69 Å². The van der Waals surface area contributed by atoms with Crippen LogP contribution in [0.15, 0.2) is 71.1 Å². The van der Waals surface area contributed by atoms with Gasteiger partial charge in [0.25, 0.3) is 10.0 Å². The number of hydrogen-bond acceptors (Lipinski definition) is 4. The molecule has 126 valence electrons. The zero-order chi connectivity index (χ0) is 17.7. The van der Waals surface area contributed by atoms with Crippen molar-refractivity contribution >= 4 is 33.3 Å². The highest BCUT2D eigenvalue weighted by Gasteiger charge is 2.27. The Kier molecular flexibility index (Phi) is 5.64. The number of nitrogens with zero attached hydrogens (tertiary/aromatic N) is 1. The molecule has 0 fully saturated rings. The maximum atomic E-state index is 12.9. The molecule has 7 heteroatoms. The van der Waals surface area contributed by atoms with E-state index in [9.17, 15) is 13.2 Å². The lowest BCUT2D eigenvalue weighted by molar-refractivity contribution is 0.0541. The number of benzene rings is 2. The molecule has 0 aliphatic heterocycles. The lowest BCUT2D eigenvalue weighted by Gasteiger charge is -2.20. The molecular weight excluding hydrogens is 350 g/mol. The highest BCUT2D eigenvalue weighted by Crippen LogP contribution is 2.24. The Labute approximate surface area is 146 Å². The number of hydrogen-bond donors (Lipinski definition) is 0. The largest absolute Gasteiger partial charge is 0.456 e. The van der Waals surface area contributed by atoms with Crippen LogP contribution in [0.1, 0.15) is 10.4 Å². The summed E-state index contributed by atoms with van der Waals surface area (Å²) in [6, 6.07) is 14.4. The van der Waals surface area contributed by atoms with Gasteiger partial charge in [-0.2, -0.15) is 0 Å². The molecule has 24 heavy (non-hydrogen) atoms. The van der Waals surface area contributed by atoms with E-state index in [1.54, 1.807) is 42.5 Å². The quantitative estimate of drug-likeness (QED) is 0.736. The predicted octanol–water partition coefficient (Wildman–Crippen LogP) is 3.42. The van der Waals surface area contributed by atoms with Crippen molar-refractivity contribution in [3.8, 4) is 0 Å². The van der Waals surface area contributed by atoms with Crippen molar-refractivity contribution in [1.29, 1.82) is 0 Å². The number of halogens is 1. The van der Waals surface area contributed by atoms with Crippen LogP contribution in [-0.2, 0) is 14.8 Å². The van der Waals surface area contributed by atoms with Crippen LogP contribution in [0, 0.1) is 0 Å². The van der Waals surface area contributed by atoms with Gasteiger partial charge in [-0.1, -0.05) is 48.5 Å². The Morgan fingerprint density at radius 2 is 1.71 bits per heavy atom. The summed E-state index contributed by atoms with van der Waals surface area (Å²) >= 11 is 5.57. The van der Waals surface area contributed by atoms with Gasteiger partial charge in [0.15, 0.2) is 0 Å². The number of anilines is 1. The lowest BCUT2D eigenvalue weighted by Crippen LogP contribution is -2.28. The van der Waals surface area contributed by atoms with E-state index >= 15 is 0 Å². The number of sulfonamides is 1. The van der Waals surface area contributed by atoms with Gasteiger partial charge in [-0.3, -0.25) is 4.31 Å². The summed E-state index contributed by atoms with van der Waals surface area (Å²) in [5.74, 6) is -0.780. The fourth-order valence-corrected chi connectivity index (χ4v) is 3.43. The van der Waals surface area contributed by atoms with Gasteiger partial charge in [0.05, 0.1) is 11.3 Å². The van der Waals surface area contributed by atoms with Crippen molar-refractivity contribution < 1.29 is 17.9 Å². The maximum absolute atomic E-state index is 12.9. The third-order valence-corrected chi connectivity index (χ3v) is 5.18. The fourth-order valence-electron chi connectivity index (χ4n) is 2.01. The summed E-state index contributed by atoms with van der Waals surface area (Å²) in [6.45, 7) is 3.23. The minimum Gasteiger partial charge on any atom is -0.456 e. The SMILES string of the molecule is C=C(Cl)COC(=O)c1ccccc1S(=O)(=O)N(C)c1ccccc1. The smallest absolute Gasteiger partial charge is 0.339 e. The zero-order valence-corrected chi connectivity index (χ0v) is 14.5. The summed E-state index contributed by atoms with van der Waals surface area (Å²) in [7, 11) is -2.51. The molecule has 0 saturated carbocycles. The number of esters is 1. The number of ether oxygens (including phenoxy) is 1. The second-order valence-corrected chi connectivity index (χ2v) is 7.37. The average molecular weight is 366 g/mol. The molecule has 0 aliphatic carbocycles. The van der Waals surface area contributed by atoms with Crippen LogP contribution in [0.2, 0.25) is 0 Å². The fraction of sp³-hybridized carbons (Fsp3) is 0.118. The Bertz CT molecular complexity index is 850. The molecule has 0 aliphatic rings. The Morgan fingerprint density at radius 3 is 2.33 bits per heavy atom. The van der Waals surface area contributed by atoms with Crippen LogP contribution in [0.25, 0.3) is 0 Å². The van der Waals surface area contributed by atoms with Gasteiger partial charge in [0, 0.05) is 12.1 Å². The minimum absolute atomic E-state index is 0.0572. The molecule has 0 bridgehead atoms. The second-order valence-electron chi connectivity index (χ2n) is 4.90. The van der Waals surface area contributed by atoms with E-state index in [-0.39, 0.29) is 22.1 Å². The van der Waals surface area contributed by atoms with E-state index in [2.05, 4.69) is 6.58 Å². The molecule has 0 aromatic heterocycles. The summed E-state index contributed by atoms with van der Waals surface area (Å²) < 4.78 is 31.8. The van der Waals surface area contributed by atoms with Gasteiger partial charge < -0.3 is 4.74 Å². The average Bonchev–Trinajstić information content (AvgIpc) is 2.59. The molecule has 2 aromatic rings. The normalized spacial score (nSPS) is 10.9. The molecule has 5 nitrogen and oxygen atoms in total. The van der Waals surface area contributed by atoms with Crippen molar-refractivity contribution in [3.05, 3.63) is 71.8 Å². The van der Waals surface area contributed by atoms with Crippen LogP contribution in [0.3, 0.4) is 0 Å². The zero-order valence-electron chi connectivity index (χ0n) is 13.0. The summed E-state index contributed by atoms with van der Waals surface area (Å²) in [5, 5.41) is 0.144. The van der Waals surface area contributed by atoms with E-state index < -0.39 is 16.0 Å². The third kappa shape index (κ3) is 3.96. The van der Waals surface area contributed by atoms with Crippen molar-refractivity contribution in [2.24, 2.45) is 0 Å². The van der Waals surface area contributed by atoms with Gasteiger partial charge in [0.1, 0.15) is 11.5 Å². The first-order valence-electron chi connectivity index (χ1n) is 6.97.